The molecule has 0 atom stereocenters. The summed E-state index contributed by atoms with van der Waals surface area (Å²) in [6.45, 7) is 3.42. The van der Waals surface area contributed by atoms with Gasteiger partial charge >= 0.3 is 0 Å². The number of anilines is 2. The molecule has 1 aliphatic rings. The molecule has 0 radical (unpaired) electrons. The van der Waals surface area contributed by atoms with E-state index in [-0.39, 0.29) is 5.91 Å². The summed E-state index contributed by atoms with van der Waals surface area (Å²) in [5.41, 5.74) is 1.55. The Balaban J connectivity index is 1.36. The van der Waals surface area contributed by atoms with E-state index in [1.54, 1.807) is 18.5 Å². The molecule has 1 aromatic carbocycles. The van der Waals surface area contributed by atoms with Crippen LogP contribution in [0.2, 0.25) is 0 Å². The highest BCUT2D eigenvalue weighted by Gasteiger charge is 2.23. The summed E-state index contributed by atoms with van der Waals surface area (Å²) in [4.78, 5) is 29.9. The summed E-state index contributed by atoms with van der Waals surface area (Å²) in [6.07, 6.45) is 3.41. The lowest BCUT2D eigenvalue weighted by molar-refractivity contribution is 0.0740. The molecule has 0 aliphatic carbocycles. The molecule has 7 nitrogen and oxygen atoms in total. The Morgan fingerprint density at radius 1 is 0.893 bits per heavy atom. The Hall–Kier alpha value is -3.48. The van der Waals surface area contributed by atoms with Crippen LogP contribution >= 0.6 is 0 Å². The van der Waals surface area contributed by atoms with Crippen molar-refractivity contribution < 1.29 is 4.79 Å². The van der Waals surface area contributed by atoms with Crippen molar-refractivity contribution in [2.75, 3.05) is 36.4 Å². The number of amides is 1. The zero-order valence-electron chi connectivity index (χ0n) is 15.5. The minimum absolute atomic E-state index is 0.0640. The van der Waals surface area contributed by atoms with Crippen molar-refractivity contribution in [2.24, 2.45) is 0 Å². The maximum atomic E-state index is 12.8. The van der Waals surface area contributed by atoms with Crippen molar-refractivity contribution in [3.05, 3.63) is 78.2 Å². The molecule has 4 rings (SSSR count). The quantitative estimate of drug-likeness (QED) is 0.739. The second-order valence-corrected chi connectivity index (χ2v) is 6.57. The number of nitrogens with one attached hydrogen (secondary N) is 1. The van der Waals surface area contributed by atoms with Gasteiger partial charge in [0.25, 0.3) is 5.91 Å². The van der Waals surface area contributed by atoms with Crippen LogP contribution in [0.5, 0.6) is 0 Å². The third kappa shape index (κ3) is 4.25. The maximum Gasteiger partial charge on any atom is 0.272 e. The average molecular weight is 374 g/mol. The first-order chi connectivity index (χ1) is 13.8. The van der Waals surface area contributed by atoms with Crippen molar-refractivity contribution in [1.29, 1.82) is 0 Å². The van der Waals surface area contributed by atoms with E-state index in [4.69, 9.17) is 0 Å². The normalized spacial score (nSPS) is 14.0. The number of hydrogen-bond acceptors (Lipinski definition) is 6. The molecule has 2 aromatic heterocycles. The van der Waals surface area contributed by atoms with Gasteiger partial charge < -0.3 is 15.1 Å². The number of nitrogens with zero attached hydrogens (tertiary/aromatic N) is 5. The van der Waals surface area contributed by atoms with Crippen molar-refractivity contribution in [2.45, 2.75) is 6.54 Å². The summed E-state index contributed by atoms with van der Waals surface area (Å²) < 4.78 is 0. The molecule has 142 valence electrons. The summed E-state index contributed by atoms with van der Waals surface area (Å²) in [5, 5.41) is 3.18. The highest BCUT2D eigenvalue weighted by molar-refractivity contribution is 5.92. The molecule has 1 N–H and O–H groups in total. The number of piperazine rings is 1. The molecule has 0 bridgehead atoms. The lowest BCUT2D eigenvalue weighted by Crippen LogP contribution is -2.49. The highest BCUT2D eigenvalue weighted by Crippen LogP contribution is 2.14. The zero-order valence-corrected chi connectivity index (χ0v) is 15.5. The van der Waals surface area contributed by atoms with Crippen LogP contribution in [0.3, 0.4) is 0 Å². The molecule has 1 amide bonds. The molecule has 3 aromatic rings. The van der Waals surface area contributed by atoms with Gasteiger partial charge in [-0.15, -0.1) is 0 Å². The van der Waals surface area contributed by atoms with Crippen LogP contribution in [-0.2, 0) is 6.54 Å². The van der Waals surface area contributed by atoms with Gasteiger partial charge in [-0.3, -0.25) is 4.79 Å². The standard InChI is InChI=1S/C21H22N6O/c28-20(27-14-12-26(13-15-27)19-8-4-5-10-22-19)18-9-11-23-21(25-18)24-16-17-6-2-1-3-7-17/h1-11H,12-16H2,(H,23,24,25). The number of aromatic nitrogens is 3. The van der Waals surface area contributed by atoms with Gasteiger partial charge in [0.15, 0.2) is 0 Å². The predicted molar refractivity (Wildman–Crippen MR) is 108 cm³/mol. The number of carbonyl (C=O) groups is 1. The van der Waals surface area contributed by atoms with Crippen molar-refractivity contribution >= 4 is 17.7 Å². The van der Waals surface area contributed by atoms with Crippen LogP contribution in [0.1, 0.15) is 16.1 Å². The minimum atomic E-state index is -0.0640. The zero-order chi connectivity index (χ0) is 19.2. The Labute approximate surface area is 164 Å². The van der Waals surface area contributed by atoms with Crippen molar-refractivity contribution in [3.8, 4) is 0 Å². The largest absolute Gasteiger partial charge is 0.353 e. The molecule has 0 saturated carbocycles. The predicted octanol–water partition coefficient (Wildman–Crippen LogP) is 2.45. The summed E-state index contributed by atoms with van der Waals surface area (Å²) in [7, 11) is 0. The van der Waals surface area contributed by atoms with Gasteiger partial charge in [-0.1, -0.05) is 36.4 Å². The van der Waals surface area contributed by atoms with Gasteiger partial charge in [0, 0.05) is 45.1 Å². The molecule has 1 saturated heterocycles. The summed E-state index contributed by atoms with van der Waals surface area (Å²) >= 11 is 0. The molecule has 3 heterocycles. The van der Waals surface area contributed by atoms with Crippen LogP contribution in [0.15, 0.2) is 67.0 Å². The van der Waals surface area contributed by atoms with E-state index in [2.05, 4.69) is 25.2 Å². The number of carbonyl (C=O) groups excluding carboxylic acids is 1. The lowest BCUT2D eigenvalue weighted by atomic mass is 10.2. The fourth-order valence-electron chi connectivity index (χ4n) is 3.18. The summed E-state index contributed by atoms with van der Waals surface area (Å²) in [6, 6.07) is 17.6. The van der Waals surface area contributed by atoms with Crippen LogP contribution < -0.4 is 10.2 Å². The third-order valence-electron chi connectivity index (χ3n) is 4.71. The topological polar surface area (TPSA) is 74.2 Å². The van der Waals surface area contributed by atoms with Crippen LogP contribution in [-0.4, -0.2) is 51.9 Å². The van der Waals surface area contributed by atoms with Crippen molar-refractivity contribution in [3.63, 3.8) is 0 Å². The molecule has 28 heavy (non-hydrogen) atoms. The van der Waals surface area contributed by atoms with E-state index in [0.29, 0.717) is 31.3 Å². The first-order valence-corrected chi connectivity index (χ1v) is 9.36. The van der Waals surface area contributed by atoms with E-state index < -0.39 is 0 Å². The lowest BCUT2D eigenvalue weighted by Gasteiger charge is -2.35. The molecule has 0 spiro atoms. The Morgan fingerprint density at radius 2 is 1.68 bits per heavy atom. The number of hydrogen-bond donors (Lipinski definition) is 1. The van der Waals surface area contributed by atoms with Gasteiger partial charge in [0.05, 0.1) is 0 Å². The molecule has 0 unspecified atom stereocenters. The third-order valence-corrected chi connectivity index (χ3v) is 4.71. The SMILES string of the molecule is O=C(c1ccnc(NCc2ccccc2)n1)N1CCN(c2ccccn2)CC1. The molecule has 7 heteroatoms. The van der Waals surface area contributed by atoms with E-state index in [1.165, 1.54) is 0 Å². The second kappa shape index (κ2) is 8.47. The van der Waals surface area contributed by atoms with E-state index in [0.717, 1.165) is 24.5 Å². The van der Waals surface area contributed by atoms with E-state index in [9.17, 15) is 4.79 Å². The van der Waals surface area contributed by atoms with Gasteiger partial charge in [-0.2, -0.15) is 0 Å². The molecular formula is C21H22N6O. The molecule has 1 aliphatic heterocycles. The van der Waals surface area contributed by atoms with E-state index in [1.807, 2.05) is 53.4 Å². The highest BCUT2D eigenvalue weighted by atomic mass is 16.2. The minimum Gasteiger partial charge on any atom is -0.353 e. The van der Waals surface area contributed by atoms with E-state index >= 15 is 0 Å². The van der Waals surface area contributed by atoms with Crippen molar-refractivity contribution in [1.82, 2.24) is 19.9 Å². The maximum absolute atomic E-state index is 12.8. The number of pyridine rings is 1. The summed E-state index contributed by atoms with van der Waals surface area (Å²) in [5.74, 6) is 1.34. The second-order valence-electron chi connectivity index (χ2n) is 6.57. The van der Waals surface area contributed by atoms with Gasteiger partial charge in [-0.25, -0.2) is 15.0 Å². The van der Waals surface area contributed by atoms with Crippen LogP contribution in [0.4, 0.5) is 11.8 Å². The van der Waals surface area contributed by atoms with Crippen LogP contribution in [0, 0.1) is 0 Å². The molecular weight excluding hydrogens is 352 g/mol. The Bertz CT molecular complexity index is 910. The monoisotopic (exact) mass is 374 g/mol. The van der Waals surface area contributed by atoms with Gasteiger partial charge in [-0.05, 0) is 23.8 Å². The van der Waals surface area contributed by atoms with Gasteiger partial charge in [0.1, 0.15) is 11.5 Å². The smallest absolute Gasteiger partial charge is 0.272 e. The number of rotatable bonds is 5. The first kappa shape index (κ1) is 17.9. The first-order valence-electron chi connectivity index (χ1n) is 9.36. The number of benzene rings is 1. The van der Waals surface area contributed by atoms with Crippen LogP contribution in [0.25, 0.3) is 0 Å². The average Bonchev–Trinajstić information content (AvgIpc) is 2.79. The fraction of sp³-hybridized carbons (Fsp3) is 0.238. The Kier molecular flexibility index (Phi) is 5.42. The molecule has 1 fully saturated rings. The Morgan fingerprint density at radius 3 is 2.43 bits per heavy atom. The fourth-order valence-corrected chi connectivity index (χ4v) is 3.18. The van der Waals surface area contributed by atoms with Gasteiger partial charge in [0.2, 0.25) is 5.95 Å².